The zero-order valence-corrected chi connectivity index (χ0v) is 16.6. The van der Waals surface area contributed by atoms with E-state index in [4.69, 9.17) is 0 Å². The van der Waals surface area contributed by atoms with Crippen molar-refractivity contribution < 1.29 is 4.40 Å². The number of aromatic nitrogens is 2. The van der Waals surface area contributed by atoms with E-state index in [2.05, 4.69) is 117 Å². The van der Waals surface area contributed by atoms with Gasteiger partial charge in [-0.25, -0.2) is 0 Å². The number of hydrogen-bond acceptors (Lipinski definition) is 1. The number of rotatable bonds is 4. The lowest BCUT2D eigenvalue weighted by molar-refractivity contribution is -0.479. The summed E-state index contributed by atoms with van der Waals surface area (Å²) < 4.78 is 4.63. The lowest BCUT2D eigenvalue weighted by Crippen LogP contribution is -2.19. The van der Waals surface area contributed by atoms with Gasteiger partial charge in [-0.05, 0) is 54.4 Å². The van der Waals surface area contributed by atoms with Crippen molar-refractivity contribution >= 4 is 38.7 Å². The fourth-order valence-electron chi connectivity index (χ4n) is 4.41. The second kappa shape index (κ2) is 6.89. The number of pyridine rings is 2. The summed E-state index contributed by atoms with van der Waals surface area (Å²) in [5.74, 6) is 0. The van der Waals surface area contributed by atoms with E-state index >= 15 is 0 Å². The summed E-state index contributed by atoms with van der Waals surface area (Å²) >= 11 is 0. The van der Waals surface area contributed by atoms with Gasteiger partial charge in [0.25, 0.3) is 5.65 Å². The quantitative estimate of drug-likeness (QED) is 0.388. The predicted molar refractivity (Wildman–Crippen MR) is 124 cm³/mol. The summed E-state index contributed by atoms with van der Waals surface area (Å²) in [4.78, 5) is 0. The highest BCUT2D eigenvalue weighted by Gasteiger charge is 2.16. The van der Waals surface area contributed by atoms with Crippen LogP contribution in [0.25, 0.3) is 33.0 Å². The Morgan fingerprint density at radius 3 is 2.50 bits per heavy atom. The van der Waals surface area contributed by atoms with E-state index in [9.17, 15) is 0 Å². The molecule has 0 radical (unpaired) electrons. The van der Waals surface area contributed by atoms with Crippen LogP contribution in [0.4, 0.5) is 5.69 Å². The molecule has 0 saturated heterocycles. The molecule has 3 aromatic carbocycles. The second-order valence-corrected chi connectivity index (χ2v) is 7.78. The summed E-state index contributed by atoms with van der Waals surface area (Å²) in [7, 11) is 0. The van der Waals surface area contributed by atoms with Crippen LogP contribution in [0.3, 0.4) is 0 Å². The zero-order chi connectivity index (χ0) is 19.9. The van der Waals surface area contributed by atoms with E-state index in [0.717, 1.165) is 18.7 Å². The van der Waals surface area contributed by atoms with Crippen LogP contribution in [0.15, 0.2) is 103 Å². The van der Waals surface area contributed by atoms with Gasteiger partial charge in [-0.3, -0.25) is 0 Å². The molecule has 3 heteroatoms. The van der Waals surface area contributed by atoms with Gasteiger partial charge in [0.15, 0.2) is 5.52 Å². The molecular weight excluding hydrogens is 366 g/mol. The number of nitrogens with zero attached hydrogens (tertiary/aromatic N) is 2. The molecule has 1 N–H and O–H groups in total. The van der Waals surface area contributed by atoms with Gasteiger partial charge in [-0.2, -0.15) is 8.80 Å². The number of fused-ring (bicyclic) bond motifs is 7. The van der Waals surface area contributed by atoms with Crippen LogP contribution in [0.1, 0.15) is 5.56 Å². The topological polar surface area (TPSA) is 20.5 Å². The molecule has 30 heavy (non-hydrogen) atoms. The molecule has 3 heterocycles. The maximum atomic E-state index is 3.57. The number of benzene rings is 3. The van der Waals surface area contributed by atoms with Crippen LogP contribution in [0.2, 0.25) is 0 Å². The second-order valence-electron chi connectivity index (χ2n) is 7.78. The van der Waals surface area contributed by atoms with Gasteiger partial charge < -0.3 is 5.32 Å². The van der Waals surface area contributed by atoms with Crippen molar-refractivity contribution in [2.75, 3.05) is 11.9 Å². The average Bonchev–Trinajstić information content (AvgIpc) is 3.19. The Hall–Kier alpha value is -3.85. The minimum Gasteiger partial charge on any atom is -0.385 e. The maximum absolute atomic E-state index is 3.57. The van der Waals surface area contributed by atoms with Gasteiger partial charge in [-0.1, -0.05) is 48.5 Å². The summed E-state index contributed by atoms with van der Waals surface area (Å²) in [5.41, 5.74) is 7.35. The first kappa shape index (κ1) is 17.0. The first-order chi connectivity index (χ1) is 14.9. The van der Waals surface area contributed by atoms with E-state index in [-0.39, 0.29) is 0 Å². The largest absolute Gasteiger partial charge is 0.385 e. The Bertz CT molecular complexity index is 1510. The third-order valence-corrected chi connectivity index (χ3v) is 5.89. The highest BCUT2D eigenvalue weighted by molar-refractivity contribution is 5.86. The number of nitrogens with one attached hydrogen (secondary N) is 1. The molecule has 0 fully saturated rings. The van der Waals surface area contributed by atoms with Crippen LogP contribution >= 0.6 is 0 Å². The summed E-state index contributed by atoms with van der Waals surface area (Å²) in [6.45, 7) is 0.924. The predicted octanol–water partition coefficient (Wildman–Crippen LogP) is 5.64. The zero-order valence-electron chi connectivity index (χ0n) is 16.6. The number of para-hydroxylation sites is 1. The smallest absolute Gasteiger partial charge is 0.292 e. The first-order valence-corrected chi connectivity index (χ1v) is 10.4. The number of imidazole rings is 1. The SMILES string of the molecule is c1ccc(CCNc2ccc3c(ccc4n5c(ccc6ccccc65)c[n+]34)c2)cc1. The van der Waals surface area contributed by atoms with Gasteiger partial charge in [-0.15, -0.1) is 0 Å². The van der Waals surface area contributed by atoms with Crippen molar-refractivity contribution in [2.45, 2.75) is 6.42 Å². The molecule has 0 amide bonds. The molecule has 0 atom stereocenters. The monoisotopic (exact) mass is 388 g/mol. The summed E-state index contributed by atoms with van der Waals surface area (Å²) in [6.07, 6.45) is 3.25. The molecule has 0 aliphatic rings. The van der Waals surface area contributed by atoms with Gasteiger partial charge in [0.2, 0.25) is 0 Å². The maximum Gasteiger partial charge on any atom is 0.292 e. The minimum absolute atomic E-state index is 0.924. The Balaban J connectivity index is 1.39. The van der Waals surface area contributed by atoms with Crippen LogP contribution < -0.4 is 9.72 Å². The lowest BCUT2D eigenvalue weighted by Gasteiger charge is -2.07. The van der Waals surface area contributed by atoms with Crippen molar-refractivity contribution in [1.29, 1.82) is 0 Å². The summed E-state index contributed by atoms with van der Waals surface area (Å²) in [6, 6.07) is 34.6. The van der Waals surface area contributed by atoms with E-state index in [0.29, 0.717) is 0 Å². The molecule has 0 unspecified atom stereocenters. The molecule has 144 valence electrons. The first-order valence-electron chi connectivity index (χ1n) is 10.4. The van der Waals surface area contributed by atoms with Crippen LogP contribution in [0, 0.1) is 0 Å². The average molecular weight is 388 g/mol. The van der Waals surface area contributed by atoms with Crippen LogP contribution in [0.5, 0.6) is 0 Å². The van der Waals surface area contributed by atoms with Crippen molar-refractivity contribution in [3.63, 3.8) is 0 Å². The van der Waals surface area contributed by atoms with Gasteiger partial charge >= 0.3 is 0 Å². The highest BCUT2D eigenvalue weighted by Crippen LogP contribution is 2.22. The van der Waals surface area contributed by atoms with E-state index < -0.39 is 0 Å². The van der Waals surface area contributed by atoms with Gasteiger partial charge in [0.1, 0.15) is 17.2 Å². The molecule has 6 aromatic rings. The van der Waals surface area contributed by atoms with Gasteiger partial charge in [0, 0.05) is 29.1 Å². The molecule has 0 spiro atoms. The Kier molecular flexibility index (Phi) is 3.91. The minimum atomic E-state index is 0.924. The van der Waals surface area contributed by atoms with E-state index in [1.54, 1.807) is 0 Å². The molecule has 3 aromatic heterocycles. The van der Waals surface area contributed by atoms with E-state index in [1.165, 1.54) is 38.5 Å². The normalized spacial score (nSPS) is 11.6. The number of anilines is 1. The molecule has 0 saturated carbocycles. The highest BCUT2D eigenvalue weighted by atomic mass is 15.1. The van der Waals surface area contributed by atoms with Crippen molar-refractivity contribution in [3.8, 4) is 0 Å². The molecule has 3 nitrogen and oxygen atoms in total. The molecule has 0 aliphatic heterocycles. The lowest BCUT2D eigenvalue weighted by atomic mass is 10.1. The van der Waals surface area contributed by atoms with Crippen LogP contribution in [-0.4, -0.2) is 10.9 Å². The summed E-state index contributed by atoms with van der Waals surface area (Å²) in [5, 5.41) is 6.05. The standard InChI is InChI=1S/C27H22N3/c1-2-6-20(7-3-1)16-17-28-23-12-14-25-22(18-23)11-15-27-29(25)19-24-13-10-21-8-4-5-9-26(21)30(24)27/h1-15,18-19,28H,16-17H2/q+1. The van der Waals surface area contributed by atoms with Crippen LogP contribution in [-0.2, 0) is 6.42 Å². The Morgan fingerprint density at radius 2 is 1.57 bits per heavy atom. The molecular formula is C27H22N3+. The molecule has 0 aliphatic carbocycles. The third-order valence-electron chi connectivity index (χ3n) is 5.89. The fourth-order valence-corrected chi connectivity index (χ4v) is 4.41. The Labute approximate surface area is 174 Å². The molecule has 6 rings (SSSR count). The van der Waals surface area contributed by atoms with Crippen molar-refractivity contribution in [3.05, 3.63) is 109 Å². The fraction of sp³-hybridized carbons (Fsp3) is 0.0741. The molecule has 0 bridgehead atoms. The number of hydrogen-bond donors (Lipinski definition) is 1. The Morgan fingerprint density at radius 1 is 0.733 bits per heavy atom. The van der Waals surface area contributed by atoms with Gasteiger partial charge in [0.05, 0.1) is 0 Å². The van der Waals surface area contributed by atoms with Crippen molar-refractivity contribution in [2.24, 2.45) is 0 Å². The third kappa shape index (κ3) is 2.79. The van der Waals surface area contributed by atoms with E-state index in [1.807, 2.05) is 0 Å². The van der Waals surface area contributed by atoms with Crippen molar-refractivity contribution in [1.82, 2.24) is 4.40 Å².